The lowest BCUT2D eigenvalue weighted by Crippen LogP contribution is -2.52. The number of nitrogens with zero attached hydrogens (tertiary/aromatic N) is 5. The molecule has 3 aliphatic rings. The maximum Gasteiger partial charge on any atom is 0.0234 e. The van der Waals surface area contributed by atoms with Crippen LogP contribution >= 0.6 is 0 Å². The Hall–Kier alpha value is -0.980. The van der Waals surface area contributed by atoms with E-state index < -0.39 is 0 Å². The van der Waals surface area contributed by atoms with E-state index in [0.717, 1.165) is 19.1 Å². The van der Waals surface area contributed by atoms with Gasteiger partial charge in [0.25, 0.3) is 0 Å². The fourth-order valence-corrected chi connectivity index (χ4v) is 5.17. The molecular formula is C24H41N5. The molecule has 0 aromatic heterocycles. The summed E-state index contributed by atoms with van der Waals surface area (Å²) < 4.78 is 0. The van der Waals surface area contributed by atoms with Crippen LogP contribution in [0, 0.1) is 0 Å². The number of rotatable bonds is 5. The van der Waals surface area contributed by atoms with Crippen molar-refractivity contribution in [3.8, 4) is 0 Å². The molecule has 0 atom stereocenters. The van der Waals surface area contributed by atoms with E-state index in [4.69, 9.17) is 0 Å². The van der Waals surface area contributed by atoms with Gasteiger partial charge in [0.15, 0.2) is 0 Å². The van der Waals surface area contributed by atoms with E-state index in [-0.39, 0.29) is 0 Å². The van der Waals surface area contributed by atoms with Crippen molar-refractivity contribution in [2.24, 2.45) is 0 Å². The summed E-state index contributed by atoms with van der Waals surface area (Å²) in [6.45, 7) is 14.5. The summed E-state index contributed by atoms with van der Waals surface area (Å²) in [7, 11) is 4.50. The first-order chi connectivity index (χ1) is 14.2. The lowest BCUT2D eigenvalue weighted by atomic mass is 10.0. The smallest absolute Gasteiger partial charge is 0.0234 e. The Balaban J connectivity index is 1.20. The largest absolute Gasteiger partial charge is 0.306 e. The fraction of sp³-hybridized carbons (Fsp3) is 0.750. The van der Waals surface area contributed by atoms with Crippen LogP contribution in [0.25, 0.3) is 0 Å². The molecule has 3 heterocycles. The van der Waals surface area contributed by atoms with Crippen LogP contribution in [0.4, 0.5) is 0 Å². The predicted octanol–water partition coefficient (Wildman–Crippen LogP) is 2.04. The summed E-state index contributed by atoms with van der Waals surface area (Å²) in [5.74, 6) is 0. The van der Waals surface area contributed by atoms with Crippen LogP contribution in [0.5, 0.6) is 0 Å². The van der Waals surface area contributed by atoms with E-state index in [1.807, 2.05) is 0 Å². The first-order valence-corrected chi connectivity index (χ1v) is 11.8. The quantitative estimate of drug-likeness (QED) is 0.751. The van der Waals surface area contributed by atoms with Gasteiger partial charge in [0.2, 0.25) is 0 Å². The Bertz CT molecular complexity index is 602. The molecule has 0 amide bonds. The summed E-state index contributed by atoms with van der Waals surface area (Å²) in [4.78, 5) is 12.9. The third-order valence-electron chi connectivity index (χ3n) is 7.26. The molecule has 1 aromatic carbocycles. The summed E-state index contributed by atoms with van der Waals surface area (Å²) in [5, 5.41) is 0. The van der Waals surface area contributed by atoms with Gasteiger partial charge in [-0.05, 0) is 70.7 Å². The van der Waals surface area contributed by atoms with Gasteiger partial charge >= 0.3 is 0 Å². The molecule has 0 bridgehead atoms. The number of likely N-dealkylation sites (N-methyl/N-ethyl adjacent to an activating group) is 1. The van der Waals surface area contributed by atoms with Gasteiger partial charge in [-0.25, -0.2) is 0 Å². The van der Waals surface area contributed by atoms with E-state index in [1.54, 1.807) is 0 Å². The highest BCUT2D eigenvalue weighted by molar-refractivity contribution is 5.22. The van der Waals surface area contributed by atoms with Gasteiger partial charge in [0, 0.05) is 58.4 Å². The Morgan fingerprint density at radius 1 is 0.621 bits per heavy atom. The standard InChI is InChI=1S/C24H41N5/c1-25-10-3-11-27(15-14-25)20-22-4-6-23(7-5-22)21-28-16-18-29(19-17-28)24-8-12-26(2)13-9-24/h4-7,24H,3,8-21H2,1-2H3. The van der Waals surface area contributed by atoms with Gasteiger partial charge in [-0.1, -0.05) is 24.3 Å². The van der Waals surface area contributed by atoms with Crippen molar-refractivity contribution in [2.45, 2.75) is 38.4 Å². The first kappa shape index (κ1) is 21.3. The van der Waals surface area contributed by atoms with E-state index in [9.17, 15) is 0 Å². The van der Waals surface area contributed by atoms with Crippen LogP contribution < -0.4 is 0 Å². The van der Waals surface area contributed by atoms with Crippen LogP contribution in [-0.2, 0) is 13.1 Å². The second-order valence-corrected chi connectivity index (χ2v) is 9.60. The molecule has 3 fully saturated rings. The molecule has 0 N–H and O–H groups in total. The molecule has 5 heteroatoms. The third-order valence-corrected chi connectivity index (χ3v) is 7.26. The Kier molecular flexibility index (Phi) is 7.60. The van der Waals surface area contributed by atoms with Gasteiger partial charge in [-0.15, -0.1) is 0 Å². The summed E-state index contributed by atoms with van der Waals surface area (Å²) in [6.07, 6.45) is 3.99. The molecule has 4 rings (SSSR count). The van der Waals surface area contributed by atoms with Crippen molar-refractivity contribution in [1.82, 2.24) is 24.5 Å². The van der Waals surface area contributed by atoms with Crippen molar-refractivity contribution >= 4 is 0 Å². The highest BCUT2D eigenvalue weighted by Crippen LogP contribution is 2.18. The molecule has 0 spiro atoms. The summed E-state index contributed by atoms with van der Waals surface area (Å²) in [5.41, 5.74) is 2.93. The fourth-order valence-electron chi connectivity index (χ4n) is 5.17. The zero-order valence-electron chi connectivity index (χ0n) is 18.7. The van der Waals surface area contributed by atoms with Crippen molar-refractivity contribution < 1.29 is 0 Å². The van der Waals surface area contributed by atoms with Crippen molar-refractivity contribution in [3.63, 3.8) is 0 Å². The topological polar surface area (TPSA) is 16.2 Å². The maximum absolute atomic E-state index is 2.76. The zero-order valence-corrected chi connectivity index (χ0v) is 18.7. The second-order valence-electron chi connectivity index (χ2n) is 9.60. The minimum atomic E-state index is 0.825. The van der Waals surface area contributed by atoms with Crippen LogP contribution in [0.1, 0.15) is 30.4 Å². The minimum absolute atomic E-state index is 0.825. The molecule has 0 saturated carbocycles. The van der Waals surface area contributed by atoms with Crippen LogP contribution in [0.2, 0.25) is 0 Å². The normalized spacial score (nSPS) is 25.3. The molecule has 3 saturated heterocycles. The lowest BCUT2D eigenvalue weighted by molar-refractivity contribution is 0.0618. The van der Waals surface area contributed by atoms with E-state index >= 15 is 0 Å². The summed E-state index contributed by atoms with van der Waals surface area (Å²) >= 11 is 0. The number of piperidine rings is 1. The maximum atomic E-state index is 2.76. The predicted molar refractivity (Wildman–Crippen MR) is 121 cm³/mol. The summed E-state index contributed by atoms with van der Waals surface area (Å²) in [6, 6.07) is 10.3. The van der Waals surface area contributed by atoms with E-state index in [1.165, 1.54) is 95.8 Å². The molecular weight excluding hydrogens is 358 g/mol. The van der Waals surface area contributed by atoms with Gasteiger partial charge in [-0.2, -0.15) is 0 Å². The molecule has 162 valence electrons. The molecule has 3 aliphatic heterocycles. The monoisotopic (exact) mass is 399 g/mol. The molecule has 5 nitrogen and oxygen atoms in total. The van der Waals surface area contributed by atoms with Gasteiger partial charge in [0.1, 0.15) is 0 Å². The Morgan fingerprint density at radius 3 is 1.76 bits per heavy atom. The number of likely N-dealkylation sites (tertiary alicyclic amines) is 1. The highest BCUT2D eigenvalue weighted by atomic mass is 15.3. The number of benzene rings is 1. The van der Waals surface area contributed by atoms with Gasteiger partial charge in [0.05, 0.1) is 0 Å². The lowest BCUT2D eigenvalue weighted by Gasteiger charge is -2.42. The molecule has 0 aliphatic carbocycles. The molecule has 1 aromatic rings. The number of hydrogen-bond acceptors (Lipinski definition) is 5. The SMILES string of the molecule is CN1CCC(N2CCN(Cc3ccc(CN4CCCN(C)CC4)cc3)CC2)CC1. The van der Waals surface area contributed by atoms with Gasteiger partial charge < -0.3 is 9.80 Å². The minimum Gasteiger partial charge on any atom is -0.306 e. The first-order valence-electron chi connectivity index (χ1n) is 11.8. The molecule has 0 radical (unpaired) electrons. The van der Waals surface area contributed by atoms with Gasteiger partial charge in [-0.3, -0.25) is 14.7 Å². The second kappa shape index (κ2) is 10.4. The average Bonchev–Trinajstić information content (AvgIpc) is 2.95. The average molecular weight is 400 g/mol. The van der Waals surface area contributed by atoms with E-state index in [2.05, 4.69) is 62.9 Å². The number of piperazine rings is 1. The van der Waals surface area contributed by atoms with E-state index in [0.29, 0.717) is 0 Å². The van der Waals surface area contributed by atoms with Crippen molar-refractivity contribution in [2.75, 3.05) is 79.5 Å². The Morgan fingerprint density at radius 2 is 1.14 bits per heavy atom. The van der Waals surface area contributed by atoms with Crippen LogP contribution in [0.15, 0.2) is 24.3 Å². The Labute approximate surface area is 178 Å². The third kappa shape index (κ3) is 6.25. The van der Waals surface area contributed by atoms with Crippen LogP contribution in [-0.4, -0.2) is 110 Å². The zero-order chi connectivity index (χ0) is 20.1. The van der Waals surface area contributed by atoms with Crippen molar-refractivity contribution in [3.05, 3.63) is 35.4 Å². The molecule has 29 heavy (non-hydrogen) atoms. The molecule has 0 unspecified atom stereocenters. The highest BCUT2D eigenvalue weighted by Gasteiger charge is 2.26. The van der Waals surface area contributed by atoms with Crippen LogP contribution in [0.3, 0.4) is 0 Å². The number of hydrogen-bond donors (Lipinski definition) is 0. The van der Waals surface area contributed by atoms with Crippen molar-refractivity contribution in [1.29, 1.82) is 0 Å².